The number of carbonyl (C=O) groups excluding carboxylic acids is 2. The molecule has 1 aromatic heterocycles. The second kappa shape index (κ2) is 8.52. The van der Waals surface area contributed by atoms with Crippen LogP contribution in [-0.4, -0.2) is 51.2 Å². The van der Waals surface area contributed by atoms with Crippen LogP contribution in [-0.2, 0) is 15.9 Å². The van der Waals surface area contributed by atoms with E-state index in [0.29, 0.717) is 19.0 Å². The van der Waals surface area contributed by atoms with Crippen LogP contribution in [0.1, 0.15) is 78.5 Å². The average Bonchev–Trinajstić information content (AvgIpc) is 3.03. The molecule has 0 N–H and O–H groups in total. The van der Waals surface area contributed by atoms with Gasteiger partial charge >= 0.3 is 12.2 Å². The van der Waals surface area contributed by atoms with Crippen molar-refractivity contribution in [3.8, 4) is 0 Å². The number of fused-ring (bicyclic) bond motifs is 1. The fourth-order valence-electron chi connectivity index (χ4n) is 3.88. The van der Waals surface area contributed by atoms with Crippen LogP contribution >= 0.6 is 0 Å². The lowest BCUT2D eigenvalue weighted by Crippen LogP contribution is -2.41. The number of rotatable bonds is 2. The minimum Gasteiger partial charge on any atom is -0.444 e. The third kappa shape index (κ3) is 5.57. The highest BCUT2D eigenvalue weighted by atomic mass is 16.6. The molecule has 3 rings (SSSR count). The molecule has 2 aromatic rings. The van der Waals surface area contributed by atoms with Crippen LogP contribution in [0.5, 0.6) is 0 Å². The Balaban J connectivity index is 1.78. The van der Waals surface area contributed by atoms with Gasteiger partial charge in [-0.3, -0.25) is 0 Å². The van der Waals surface area contributed by atoms with E-state index in [2.05, 4.69) is 17.2 Å². The van der Waals surface area contributed by atoms with Gasteiger partial charge in [-0.25, -0.2) is 9.59 Å². The van der Waals surface area contributed by atoms with Crippen LogP contribution < -0.4 is 0 Å². The van der Waals surface area contributed by atoms with Crippen molar-refractivity contribution in [2.75, 3.05) is 13.1 Å². The summed E-state index contributed by atoms with van der Waals surface area (Å²) < 4.78 is 12.4. The topological polar surface area (TPSA) is 73.7 Å². The Hall–Kier alpha value is -2.57. The minimum atomic E-state index is -0.580. The van der Waals surface area contributed by atoms with Crippen molar-refractivity contribution in [3.05, 3.63) is 29.5 Å². The third-order valence-corrected chi connectivity index (χ3v) is 5.30. The number of ether oxygens (including phenoxy) is 2. The molecule has 31 heavy (non-hydrogen) atoms. The molecule has 0 bridgehead atoms. The van der Waals surface area contributed by atoms with Crippen LogP contribution in [0.4, 0.5) is 9.59 Å². The van der Waals surface area contributed by atoms with Gasteiger partial charge < -0.3 is 14.4 Å². The van der Waals surface area contributed by atoms with Gasteiger partial charge in [-0.2, -0.15) is 9.78 Å². The molecule has 1 aromatic carbocycles. The molecule has 0 atom stereocenters. The van der Waals surface area contributed by atoms with E-state index in [1.807, 2.05) is 54.5 Å². The lowest BCUT2D eigenvalue weighted by molar-refractivity contribution is 0.0204. The maximum Gasteiger partial charge on any atom is 0.435 e. The highest BCUT2D eigenvalue weighted by molar-refractivity contribution is 5.90. The zero-order chi connectivity index (χ0) is 23.0. The summed E-state index contributed by atoms with van der Waals surface area (Å²) in [6, 6.07) is 6.18. The second-order valence-electron chi connectivity index (χ2n) is 10.2. The lowest BCUT2D eigenvalue weighted by Gasteiger charge is -2.33. The fourth-order valence-corrected chi connectivity index (χ4v) is 3.88. The van der Waals surface area contributed by atoms with Gasteiger partial charge in [0.25, 0.3) is 0 Å². The van der Waals surface area contributed by atoms with Crippen molar-refractivity contribution in [2.24, 2.45) is 0 Å². The predicted octanol–water partition coefficient (Wildman–Crippen LogP) is 5.50. The molecular weight excluding hydrogens is 394 g/mol. The zero-order valence-electron chi connectivity index (χ0n) is 19.8. The summed E-state index contributed by atoms with van der Waals surface area (Å²) in [5.41, 5.74) is 1.80. The van der Waals surface area contributed by atoms with E-state index in [9.17, 15) is 9.59 Å². The van der Waals surface area contributed by atoms with Gasteiger partial charge in [-0.15, -0.1) is 0 Å². The predicted molar refractivity (Wildman–Crippen MR) is 121 cm³/mol. The van der Waals surface area contributed by atoms with Gasteiger partial charge in [0.05, 0.1) is 11.2 Å². The molecule has 2 heterocycles. The van der Waals surface area contributed by atoms with E-state index >= 15 is 0 Å². The fraction of sp³-hybridized carbons (Fsp3) is 0.625. The third-order valence-electron chi connectivity index (χ3n) is 5.30. The maximum atomic E-state index is 12.6. The van der Waals surface area contributed by atoms with Gasteiger partial charge in [0.15, 0.2) is 0 Å². The summed E-state index contributed by atoms with van der Waals surface area (Å²) in [5.74, 6) is 0.359. The number of amides is 1. The van der Waals surface area contributed by atoms with Gasteiger partial charge in [0, 0.05) is 18.5 Å². The lowest BCUT2D eigenvalue weighted by atomic mass is 9.88. The van der Waals surface area contributed by atoms with Gasteiger partial charge in [-0.05, 0) is 84.4 Å². The number of hydrogen-bond acceptors (Lipinski definition) is 5. The first-order valence-corrected chi connectivity index (χ1v) is 11.1. The summed E-state index contributed by atoms with van der Waals surface area (Å²) in [6.45, 7) is 14.6. The number of carbonyl (C=O) groups is 2. The summed E-state index contributed by atoms with van der Waals surface area (Å²) in [4.78, 5) is 26.7. The van der Waals surface area contributed by atoms with Gasteiger partial charge in [0.1, 0.15) is 11.2 Å². The normalized spacial score (nSPS) is 15.9. The Bertz CT molecular complexity index is 958. The molecule has 1 amide bonds. The standard InChI is InChI=1S/C24H35N3O4/c1-8-19-18-15-17(9-10-20(18)27(25-19)22(29)31-24(5,6)7)16-11-13-26(14-12-16)21(28)30-23(2,3)4/h9-10,15-16H,8,11-14H2,1-7H3. The second-order valence-corrected chi connectivity index (χ2v) is 10.2. The number of benzene rings is 1. The number of piperidine rings is 1. The molecule has 0 aliphatic carbocycles. The van der Waals surface area contributed by atoms with E-state index in [0.717, 1.165) is 35.9 Å². The molecule has 7 nitrogen and oxygen atoms in total. The van der Waals surface area contributed by atoms with Gasteiger partial charge in [-0.1, -0.05) is 13.0 Å². The van der Waals surface area contributed by atoms with Crippen LogP contribution in [0.3, 0.4) is 0 Å². The van der Waals surface area contributed by atoms with Crippen molar-refractivity contribution < 1.29 is 19.1 Å². The number of aryl methyl sites for hydroxylation is 1. The molecule has 1 saturated heterocycles. The SMILES string of the molecule is CCc1nn(C(=O)OC(C)(C)C)c2ccc(C3CCN(C(=O)OC(C)(C)C)CC3)cc12. The summed E-state index contributed by atoms with van der Waals surface area (Å²) in [5, 5.41) is 5.51. The monoisotopic (exact) mass is 429 g/mol. The van der Waals surface area contributed by atoms with Crippen molar-refractivity contribution in [2.45, 2.75) is 84.8 Å². The van der Waals surface area contributed by atoms with Crippen LogP contribution in [0, 0.1) is 0 Å². The van der Waals surface area contributed by atoms with E-state index in [1.54, 1.807) is 4.90 Å². The summed E-state index contributed by atoms with van der Waals surface area (Å²) in [7, 11) is 0. The molecule has 1 aliphatic rings. The van der Waals surface area contributed by atoms with Crippen LogP contribution in [0.25, 0.3) is 10.9 Å². The van der Waals surface area contributed by atoms with E-state index in [-0.39, 0.29) is 6.09 Å². The Morgan fingerprint density at radius 1 is 1.00 bits per heavy atom. The van der Waals surface area contributed by atoms with Crippen LogP contribution in [0.15, 0.2) is 18.2 Å². The molecule has 0 radical (unpaired) electrons. The summed E-state index contributed by atoms with van der Waals surface area (Å²) >= 11 is 0. The first-order chi connectivity index (χ1) is 14.4. The zero-order valence-corrected chi connectivity index (χ0v) is 19.8. The number of nitrogens with zero attached hydrogens (tertiary/aromatic N) is 3. The Morgan fingerprint density at radius 3 is 2.13 bits per heavy atom. The molecule has 0 saturated carbocycles. The van der Waals surface area contributed by atoms with Gasteiger partial charge in [0.2, 0.25) is 0 Å². The van der Waals surface area contributed by atoms with Crippen molar-refractivity contribution >= 4 is 23.1 Å². The molecule has 0 unspecified atom stereocenters. The smallest absolute Gasteiger partial charge is 0.435 e. The highest BCUT2D eigenvalue weighted by Crippen LogP contribution is 2.32. The van der Waals surface area contributed by atoms with Crippen LogP contribution in [0.2, 0.25) is 0 Å². The molecule has 1 fully saturated rings. The van der Waals surface area contributed by atoms with Crippen molar-refractivity contribution in [1.29, 1.82) is 0 Å². The largest absolute Gasteiger partial charge is 0.444 e. The maximum absolute atomic E-state index is 12.6. The molecule has 170 valence electrons. The first-order valence-electron chi connectivity index (χ1n) is 11.1. The first kappa shape index (κ1) is 23.1. The van der Waals surface area contributed by atoms with Crippen molar-refractivity contribution in [1.82, 2.24) is 14.7 Å². The van der Waals surface area contributed by atoms with E-state index in [1.165, 1.54) is 10.2 Å². The van der Waals surface area contributed by atoms with Crippen molar-refractivity contribution in [3.63, 3.8) is 0 Å². The Kier molecular flexibility index (Phi) is 6.35. The Morgan fingerprint density at radius 2 is 1.58 bits per heavy atom. The summed E-state index contributed by atoms with van der Waals surface area (Å²) in [6.07, 6.45) is 1.79. The molecule has 7 heteroatoms. The highest BCUT2D eigenvalue weighted by Gasteiger charge is 2.28. The molecule has 0 spiro atoms. The average molecular weight is 430 g/mol. The quantitative estimate of drug-likeness (QED) is 0.630. The van der Waals surface area contributed by atoms with E-state index < -0.39 is 17.3 Å². The number of aromatic nitrogens is 2. The molecular formula is C24H35N3O4. The number of hydrogen-bond donors (Lipinski definition) is 0. The Labute approximate surface area is 184 Å². The van der Waals surface area contributed by atoms with E-state index in [4.69, 9.17) is 9.47 Å². The minimum absolute atomic E-state index is 0.242. The molecule has 1 aliphatic heterocycles. The number of likely N-dealkylation sites (tertiary alicyclic amines) is 1.